The number of amides is 1. The molecule has 1 atom stereocenters. The van der Waals surface area contributed by atoms with E-state index in [0.717, 1.165) is 15.6 Å². The zero-order valence-electron chi connectivity index (χ0n) is 17.4. The van der Waals surface area contributed by atoms with Crippen LogP contribution in [0.2, 0.25) is 0 Å². The molecule has 0 spiro atoms. The van der Waals surface area contributed by atoms with E-state index in [1.54, 1.807) is 19.2 Å². The predicted molar refractivity (Wildman–Crippen MR) is 112 cm³/mol. The third-order valence-corrected chi connectivity index (χ3v) is 6.46. The van der Waals surface area contributed by atoms with Crippen LogP contribution >= 0.6 is 0 Å². The Morgan fingerprint density at radius 1 is 1.07 bits per heavy atom. The van der Waals surface area contributed by atoms with E-state index in [2.05, 4.69) is 5.32 Å². The Balaban J connectivity index is 2.06. The highest BCUT2D eigenvalue weighted by molar-refractivity contribution is 7.89. The van der Waals surface area contributed by atoms with Gasteiger partial charge in [0, 0.05) is 20.5 Å². The number of hydrogen-bond donors (Lipinski definition) is 1. The van der Waals surface area contributed by atoms with Gasteiger partial charge in [0.1, 0.15) is 11.5 Å². The lowest BCUT2D eigenvalue weighted by atomic mass is 10.1. The molecule has 1 N–H and O–H groups in total. The average molecular weight is 421 g/mol. The number of nitrogens with zero attached hydrogens (tertiary/aromatic N) is 1. The van der Waals surface area contributed by atoms with E-state index >= 15 is 0 Å². The molecule has 2 aromatic rings. The van der Waals surface area contributed by atoms with Crippen LogP contribution < -0.4 is 14.8 Å². The van der Waals surface area contributed by atoms with Crippen LogP contribution in [0.15, 0.2) is 47.4 Å². The summed E-state index contributed by atoms with van der Waals surface area (Å²) in [6.45, 7) is 1.91. The summed E-state index contributed by atoms with van der Waals surface area (Å²) in [6.07, 6.45) is 0.573. The molecule has 0 unspecified atom stereocenters. The maximum atomic E-state index is 12.4. The summed E-state index contributed by atoms with van der Waals surface area (Å²) in [5.41, 5.74) is 1.64. The van der Waals surface area contributed by atoms with Crippen molar-refractivity contribution in [3.05, 3.63) is 53.6 Å². The number of carbonyl (C=O) groups is 1. The number of hydrogen-bond acceptors (Lipinski definition) is 5. The monoisotopic (exact) mass is 420 g/mol. The Kier molecular flexibility index (Phi) is 7.64. The van der Waals surface area contributed by atoms with Gasteiger partial charge >= 0.3 is 0 Å². The summed E-state index contributed by atoms with van der Waals surface area (Å²) >= 11 is 0. The largest absolute Gasteiger partial charge is 0.497 e. The van der Waals surface area contributed by atoms with Gasteiger partial charge in [-0.1, -0.05) is 12.1 Å². The van der Waals surface area contributed by atoms with Crippen molar-refractivity contribution in [3.8, 4) is 11.5 Å². The van der Waals surface area contributed by atoms with Crippen LogP contribution in [0.1, 0.15) is 30.5 Å². The van der Waals surface area contributed by atoms with Gasteiger partial charge in [-0.25, -0.2) is 12.7 Å². The fourth-order valence-corrected chi connectivity index (χ4v) is 3.81. The lowest BCUT2D eigenvalue weighted by Crippen LogP contribution is -2.27. The van der Waals surface area contributed by atoms with Gasteiger partial charge < -0.3 is 14.8 Å². The SMILES string of the molecule is COc1ccc([C@@H](C)NC(=O)CCc2cc(S(=O)(=O)N(C)C)ccc2OC)cc1. The van der Waals surface area contributed by atoms with Crippen molar-refractivity contribution in [1.82, 2.24) is 9.62 Å². The van der Waals surface area contributed by atoms with Crippen LogP contribution in [0.4, 0.5) is 0 Å². The van der Waals surface area contributed by atoms with Crippen molar-refractivity contribution in [1.29, 1.82) is 0 Å². The van der Waals surface area contributed by atoms with Crippen molar-refractivity contribution in [2.45, 2.75) is 30.7 Å². The van der Waals surface area contributed by atoms with Crippen molar-refractivity contribution in [2.75, 3.05) is 28.3 Å². The second-order valence-electron chi connectivity index (χ2n) is 6.82. The molecule has 158 valence electrons. The molecule has 0 fully saturated rings. The molecule has 0 bridgehead atoms. The van der Waals surface area contributed by atoms with E-state index in [1.807, 2.05) is 31.2 Å². The molecule has 0 saturated carbocycles. The number of ether oxygens (including phenoxy) is 2. The van der Waals surface area contributed by atoms with Gasteiger partial charge in [-0.15, -0.1) is 0 Å². The normalized spacial score (nSPS) is 12.5. The summed E-state index contributed by atoms with van der Waals surface area (Å²) in [6, 6.07) is 12.0. The van der Waals surface area contributed by atoms with Gasteiger partial charge in [-0.05, 0) is 54.8 Å². The number of sulfonamides is 1. The average Bonchev–Trinajstić information content (AvgIpc) is 2.71. The second-order valence-corrected chi connectivity index (χ2v) is 8.98. The van der Waals surface area contributed by atoms with Gasteiger partial charge in [0.15, 0.2) is 0 Å². The summed E-state index contributed by atoms with van der Waals surface area (Å²) in [5.74, 6) is 1.18. The molecule has 2 rings (SSSR count). The van der Waals surface area contributed by atoms with E-state index < -0.39 is 10.0 Å². The Morgan fingerprint density at radius 2 is 1.72 bits per heavy atom. The minimum atomic E-state index is -3.56. The highest BCUT2D eigenvalue weighted by Crippen LogP contribution is 2.25. The third kappa shape index (κ3) is 5.71. The summed E-state index contributed by atoms with van der Waals surface area (Å²) < 4.78 is 36.4. The van der Waals surface area contributed by atoms with Crippen LogP contribution in [0.25, 0.3) is 0 Å². The molecule has 0 aliphatic heterocycles. The molecule has 1 amide bonds. The molecule has 2 aromatic carbocycles. The Labute approximate surface area is 172 Å². The number of methoxy groups -OCH3 is 2. The zero-order valence-corrected chi connectivity index (χ0v) is 18.2. The molecule has 0 heterocycles. The molecule has 0 aliphatic rings. The lowest BCUT2D eigenvalue weighted by molar-refractivity contribution is -0.121. The Hall–Kier alpha value is -2.58. The standard InChI is InChI=1S/C21H28N2O5S/c1-15(16-6-9-18(27-4)10-7-16)22-21(24)13-8-17-14-19(11-12-20(17)28-5)29(25,26)23(2)3/h6-7,9-12,14-15H,8,13H2,1-5H3,(H,22,24)/t15-/m1/s1. The summed E-state index contributed by atoms with van der Waals surface area (Å²) in [7, 11) is 2.53. The highest BCUT2D eigenvalue weighted by atomic mass is 32.2. The fraction of sp³-hybridized carbons (Fsp3) is 0.381. The quantitative estimate of drug-likeness (QED) is 0.674. The highest BCUT2D eigenvalue weighted by Gasteiger charge is 2.19. The van der Waals surface area contributed by atoms with E-state index in [4.69, 9.17) is 9.47 Å². The maximum Gasteiger partial charge on any atom is 0.242 e. The number of carbonyl (C=O) groups excluding carboxylic acids is 1. The zero-order chi connectivity index (χ0) is 21.6. The summed E-state index contributed by atoms with van der Waals surface area (Å²) in [5, 5.41) is 2.96. The number of benzene rings is 2. The first-order chi connectivity index (χ1) is 13.7. The van der Waals surface area contributed by atoms with Crippen LogP contribution in [0.5, 0.6) is 11.5 Å². The van der Waals surface area contributed by atoms with E-state index in [9.17, 15) is 13.2 Å². The van der Waals surface area contributed by atoms with E-state index in [1.165, 1.54) is 27.3 Å². The van der Waals surface area contributed by atoms with Crippen LogP contribution in [0, 0.1) is 0 Å². The molecule has 0 saturated heterocycles. The molecular weight excluding hydrogens is 392 g/mol. The minimum absolute atomic E-state index is 0.128. The first kappa shape index (κ1) is 22.7. The molecule has 8 heteroatoms. The Morgan fingerprint density at radius 3 is 2.28 bits per heavy atom. The third-order valence-electron chi connectivity index (χ3n) is 4.65. The maximum absolute atomic E-state index is 12.4. The first-order valence-electron chi connectivity index (χ1n) is 9.21. The molecule has 7 nitrogen and oxygen atoms in total. The fourth-order valence-electron chi connectivity index (χ4n) is 2.86. The van der Waals surface area contributed by atoms with Gasteiger partial charge in [0.25, 0.3) is 0 Å². The molecule has 29 heavy (non-hydrogen) atoms. The Bertz CT molecular complexity index is 940. The number of aryl methyl sites for hydroxylation is 1. The van der Waals surface area contributed by atoms with Crippen LogP contribution in [-0.2, 0) is 21.2 Å². The molecular formula is C21H28N2O5S. The predicted octanol–water partition coefficient (Wildman–Crippen LogP) is 2.76. The first-order valence-corrected chi connectivity index (χ1v) is 10.7. The summed E-state index contributed by atoms with van der Waals surface area (Å²) in [4.78, 5) is 12.6. The van der Waals surface area contributed by atoms with E-state index in [0.29, 0.717) is 17.7 Å². The van der Waals surface area contributed by atoms with Crippen LogP contribution in [-0.4, -0.2) is 46.9 Å². The van der Waals surface area contributed by atoms with Gasteiger partial charge in [0.2, 0.25) is 15.9 Å². The van der Waals surface area contributed by atoms with Gasteiger partial charge in [0.05, 0.1) is 25.2 Å². The molecule has 0 aliphatic carbocycles. The smallest absolute Gasteiger partial charge is 0.242 e. The minimum Gasteiger partial charge on any atom is -0.497 e. The van der Waals surface area contributed by atoms with Gasteiger partial charge in [-0.2, -0.15) is 0 Å². The topological polar surface area (TPSA) is 84.9 Å². The van der Waals surface area contributed by atoms with Crippen molar-refractivity contribution in [2.24, 2.45) is 0 Å². The lowest BCUT2D eigenvalue weighted by Gasteiger charge is -2.16. The van der Waals surface area contributed by atoms with Gasteiger partial charge in [-0.3, -0.25) is 4.79 Å². The molecule has 0 radical (unpaired) electrons. The van der Waals surface area contributed by atoms with E-state index in [-0.39, 0.29) is 23.3 Å². The van der Waals surface area contributed by atoms with Crippen molar-refractivity contribution in [3.63, 3.8) is 0 Å². The number of nitrogens with one attached hydrogen (secondary N) is 1. The second kappa shape index (κ2) is 9.76. The molecule has 0 aromatic heterocycles. The van der Waals surface area contributed by atoms with Crippen molar-refractivity contribution >= 4 is 15.9 Å². The van der Waals surface area contributed by atoms with Crippen LogP contribution in [0.3, 0.4) is 0 Å². The number of rotatable bonds is 9. The van der Waals surface area contributed by atoms with Crippen molar-refractivity contribution < 1.29 is 22.7 Å².